The molecule has 1 aromatic carbocycles. The number of imidazole rings is 1. The lowest BCUT2D eigenvalue weighted by atomic mass is 9.83. The Labute approximate surface area is 171 Å². The van der Waals surface area contributed by atoms with Crippen LogP contribution in [0.5, 0.6) is 0 Å². The molecule has 1 unspecified atom stereocenters. The Morgan fingerprint density at radius 3 is 2.59 bits per heavy atom. The number of aromatic nitrogens is 2. The monoisotopic (exact) mass is 395 g/mol. The molecule has 3 aliphatic rings. The van der Waals surface area contributed by atoms with Crippen molar-refractivity contribution in [1.29, 1.82) is 0 Å². The molecule has 0 N–H and O–H groups in total. The van der Waals surface area contributed by atoms with E-state index in [9.17, 15) is 4.79 Å². The summed E-state index contributed by atoms with van der Waals surface area (Å²) < 4.78 is 8.13. The number of rotatable bonds is 4. The van der Waals surface area contributed by atoms with Gasteiger partial charge >= 0.3 is 6.09 Å². The number of benzene rings is 1. The smallest absolute Gasteiger partial charge is 0.410 e. The van der Waals surface area contributed by atoms with E-state index >= 15 is 0 Å². The van der Waals surface area contributed by atoms with Crippen LogP contribution in [-0.2, 0) is 24.9 Å². The molecular weight excluding hydrogens is 366 g/mol. The number of fused-ring (bicyclic) bond motifs is 2. The minimum absolute atomic E-state index is 0.119. The first-order valence-electron chi connectivity index (χ1n) is 10.6. The molecule has 1 spiro atoms. The van der Waals surface area contributed by atoms with Crippen LogP contribution in [0.3, 0.4) is 0 Å². The summed E-state index contributed by atoms with van der Waals surface area (Å²) in [5.41, 5.74) is 0.982. The zero-order valence-electron chi connectivity index (χ0n) is 17.0. The zero-order chi connectivity index (χ0) is 19.8. The van der Waals surface area contributed by atoms with E-state index in [1.165, 1.54) is 5.56 Å². The predicted molar refractivity (Wildman–Crippen MR) is 109 cm³/mol. The fourth-order valence-corrected chi connectivity index (χ4v) is 5.07. The van der Waals surface area contributed by atoms with Crippen molar-refractivity contribution in [2.24, 2.45) is 7.05 Å². The molecule has 3 fully saturated rings. The van der Waals surface area contributed by atoms with Crippen LogP contribution >= 0.6 is 0 Å². The van der Waals surface area contributed by atoms with Gasteiger partial charge in [-0.1, -0.05) is 30.3 Å². The van der Waals surface area contributed by atoms with E-state index < -0.39 is 0 Å². The summed E-state index contributed by atoms with van der Waals surface area (Å²) in [6, 6.07) is 10.7. The summed E-state index contributed by atoms with van der Waals surface area (Å²) in [7, 11) is 2.04. The average molecular weight is 396 g/mol. The number of carbonyl (C=O) groups excluding carboxylic acids is 1. The summed E-state index contributed by atoms with van der Waals surface area (Å²) in [6.45, 7) is 6.20. The SMILES string of the molecule is Cn1ccnc1CN1CCC2(CC1)OC(=O)N1CCN(Cc3ccccc3)CC12. The Kier molecular flexibility index (Phi) is 4.80. The van der Waals surface area contributed by atoms with Crippen LogP contribution < -0.4 is 0 Å². The molecule has 4 heterocycles. The van der Waals surface area contributed by atoms with E-state index in [1.807, 2.05) is 24.3 Å². The van der Waals surface area contributed by atoms with E-state index in [1.54, 1.807) is 0 Å². The van der Waals surface area contributed by atoms with Gasteiger partial charge in [0.2, 0.25) is 0 Å². The highest BCUT2D eigenvalue weighted by molar-refractivity contribution is 5.72. The van der Waals surface area contributed by atoms with Gasteiger partial charge in [0.1, 0.15) is 11.4 Å². The quantitative estimate of drug-likeness (QED) is 0.794. The van der Waals surface area contributed by atoms with Crippen LogP contribution in [0.25, 0.3) is 0 Å². The molecule has 1 atom stereocenters. The standard InChI is InChI=1S/C22H29N5O2/c1-24-12-9-23-20(24)17-25-10-7-22(8-11-25)19-16-26(13-14-27(19)21(28)29-22)15-18-5-3-2-4-6-18/h2-6,9,12,19H,7-8,10-11,13-17H2,1H3. The normalized spacial score (nSPS) is 24.7. The van der Waals surface area contributed by atoms with Crippen molar-refractivity contribution in [3.8, 4) is 0 Å². The first-order chi connectivity index (χ1) is 14.1. The van der Waals surface area contributed by atoms with Gasteiger partial charge in [0.15, 0.2) is 0 Å². The Hall–Kier alpha value is -2.38. The van der Waals surface area contributed by atoms with Crippen LogP contribution in [0, 0.1) is 0 Å². The second kappa shape index (κ2) is 7.46. The lowest BCUT2D eigenvalue weighted by Gasteiger charge is -2.45. The van der Waals surface area contributed by atoms with Crippen LogP contribution in [-0.4, -0.2) is 74.7 Å². The maximum atomic E-state index is 12.6. The highest BCUT2D eigenvalue weighted by Crippen LogP contribution is 2.40. The Bertz CT molecular complexity index is 859. The van der Waals surface area contributed by atoms with E-state index in [0.717, 1.165) is 64.5 Å². The van der Waals surface area contributed by atoms with Gasteiger partial charge in [-0.2, -0.15) is 0 Å². The highest BCUT2D eigenvalue weighted by Gasteiger charge is 2.56. The summed E-state index contributed by atoms with van der Waals surface area (Å²) in [5.74, 6) is 1.08. The van der Waals surface area contributed by atoms with Crippen LogP contribution in [0.1, 0.15) is 24.2 Å². The number of amides is 1. The van der Waals surface area contributed by atoms with Crippen molar-refractivity contribution < 1.29 is 9.53 Å². The van der Waals surface area contributed by atoms with Gasteiger partial charge in [-0.15, -0.1) is 0 Å². The van der Waals surface area contributed by atoms with Crippen LogP contribution in [0.15, 0.2) is 42.7 Å². The molecule has 7 nitrogen and oxygen atoms in total. The van der Waals surface area contributed by atoms with E-state index in [0.29, 0.717) is 0 Å². The zero-order valence-corrected chi connectivity index (χ0v) is 17.0. The molecule has 1 amide bonds. The van der Waals surface area contributed by atoms with Gasteiger partial charge in [-0.25, -0.2) is 9.78 Å². The first kappa shape index (κ1) is 18.6. The van der Waals surface area contributed by atoms with E-state index in [2.05, 4.69) is 49.7 Å². The summed E-state index contributed by atoms with van der Waals surface area (Å²) in [5, 5.41) is 0. The third kappa shape index (κ3) is 3.53. The predicted octanol–water partition coefficient (Wildman–Crippen LogP) is 2.09. The molecule has 154 valence electrons. The molecule has 29 heavy (non-hydrogen) atoms. The van der Waals surface area contributed by atoms with Crippen molar-refractivity contribution in [2.45, 2.75) is 37.6 Å². The lowest BCUT2D eigenvalue weighted by molar-refractivity contribution is -0.0373. The van der Waals surface area contributed by atoms with Crippen molar-refractivity contribution in [3.63, 3.8) is 0 Å². The lowest BCUT2D eigenvalue weighted by Crippen LogP contribution is -2.60. The van der Waals surface area contributed by atoms with Gasteiger partial charge in [0.05, 0.1) is 12.6 Å². The number of piperazine rings is 1. The van der Waals surface area contributed by atoms with E-state index in [-0.39, 0.29) is 17.7 Å². The van der Waals surface area contributed by atoms with Gasteiger partial charge in [0.25, 0.3) is 0 Å². The van der Waals surface area contributed by atoms with Crippen LogP contribution in [0.2, 0.25) is 0 Å². The third-order valence-electron chi connectivity index (χ3n) is 6.83. The minimum Gasteiger partial charge on any atom is -0.440 e. The molecule has 0 bridgehead atoms. The fraction of sp³-hybridized carbons (Fsp3) is 0.545. The second-order valence-corrected chi connectivity index (χ2v) is 8.59. The average Bonchev–Trinajstić information content (AvgIpc) is 3.25. The van der Waals surface area contributed by atoms with Crippen molar-refractivity contribution >= 4 is 6.09 Å². The molecule has 3 saturated heterocycles. The molecule has 0 aliphatic carbocycles. The Morgan fingerprint density at radius 2 is 1.86 bits per heavy atom. The summed E-state index contributed by atoms with van der Waals surface area (Å²) in [6.07, 6.45) is 5.50. The molecular formula is C22H29N5O2. The maximum absolute atomic E-state index is 12.6. The molecule has 7 heteroatoms. The Balaban J connectivity index is 1.25. The van der Waals surface area contributed by atoms with Gasteiger partial charge in [-0.3, -0.25) is 14.7 Å². The molecule has 1 aromatic heterocycles. The van der Waals surface area contributed by atoms with Gasteiger partial charge in [0, 0.05) is 71.6 Å². The number of ether oxygens (including phenoxy) is 1. The molecule has 5 rings (SSSR count). The maximum Gasteiger partial charge on any atom is 0.410 e. The highest BCUT2D eigenvalue weighted by atomic mass is 16.6. The third-order valence-corrected chi connectivity index (χ3v) is 6.83. The first-order valence-corrected chi connectivity index (χ1v) is 10.6. The van der Waals surface area contributed by atoms with E-state index in [4.69, 9.17) is 4.74 Å². The summed E-state index contributed by atoms with van der Waals surface area (Å²) in [4.78, 5) is 23.9. The largest absolute Gasteiger partial charge is 0.440 e. The molecule has 0 saturated carbocycles. The number of nitrogens with zero attached hydrogens (tertiary/aromatic N) is 5. The number of hydrogen-bond donors (Lipinski definition) is 0. The van der Waals surface area contributed by atoms with Crippen molar-refractivity contribution in [3.05, 3.63) is 54.1 Å². The number of hydrogen-bond acceptors (Lipinski definition) is 5. The minimum atomic E-state index is -0.343. The topological polar surface area (TPSA) is 53.8 Å². The number of aryl methyl sites for hydroxylation is 1. The van der Waals surface area contributed by atoms with Gasteiger partial charge in [-0.05, 0) is 5.56 Å². The molecule has 3 aliphatic heterocycles. The van der Waals surface area contributed by atoms with Crippen LogP contribution in [0.4, 0.5) is 4.79 Å². The number of carbonyl (C=O) groups is 1. The fourth-order valence-electron chi connectivity index (χ4n) is 5.07. The number of piperidine rings is 1. The van der Waals surface area contributed by atoms with Crippen molar-refractivity contribution in [1.82, 2.24) is 24.3 Å². The number of likely N-dealkylation sites (tertiary alicyclic amines) is 1. The van der Waals surface area contributed by atoms with Gasteiger partial charge < -0.3 is 9.30 Å². The second-order valence-electron chi connectivity index (χ2n) is 8.59. The molecule has 0 radical (unpaired) electrons. The Morgan fingerprint density at radius 1 is 1.07 bits per heavy atom. The summed E-state index contributed by atoms with van der Waals surface area (Å²) >= 11 is 0. The molecule has 2 aromatic rings. The van der Waals surface area contributed by atoms with Crippen molar-refractivity contribution in [2.75, 3.05) is 32.7 Å².